The highest BCUT2D eigenvalue weighted by Crippen LogP contribution is 2.31. The highest BCUT2D eigenvalue weighted by atomic mass is 28.4. The Morgan fingerprint density at radius 1 is 1.14 bits per heavy atom. The van der Waals surface area contributed by atoms with Crippen molar-refractivity contribution >= 4 is 8.56 Å². The lowest BCUT2D eigenvalue weighted by Crippen LogP contribution is -2.51. The summed E-state index contributed by atoms with van der Waals surface area (Å²) in [7, 11) is -1.93. The molecule has 4 heteroatoms. The zero-order valence-electron chi connectivity index (χ0n) is 9.54. The quantitative estimate of drug-likeness (QED) is 0.614. The van der Waals surface area contributed by atoms with Crippen molar-refractivity contribution < 1.29 is 13.6 Å². The molecule has 0 N–H and O–H groups in total. The molecule has 84 valence electrons. The first-order valence-corrected chi connectivity index (χ1v) is 7.98. The summed E-state index contributed by atoms with van der Waals surface area (Å²) in [5, 5.41) is 0. The second kappa shape index (κ2) is 5.85. The van der Waals surface area contributed by atoms with Crippen molar-refractivity contribution in [1.82, 2.24) is 0 Å². The predicted molar refractivity (Wildman–Crippen MR) is 58.7 cm³/mol. The van der Waals surface area contributed by atoms with Crippen molar-refractivity contribution in [3.8, 4) is 0 Å². The van der Waals surface area contributed by atoms with Gasteiger partial charge in [0.25, 0.3) is 0 Å². The molecule has 0 spiro atoms. The molecule has 1 fully saturated rings. The minimum Gasteiger partial charge on any atom is -0.394 e. The van der Waals surface area contributed by atoms with Gasteiger partial charge in [-0.3, -0.25) is 0 Å². The zero-order chi connectivity index (χ0) is 10.4. The van der Waals surface area contributed by atoms with E-state index in [0.29, 0.717) is 5.54 Å². The first-order chi connectivity index (χ1) is 6.73. The lowest BCUT2D eigenvalue weighted by Gasteiger charge is -2.39. The van der Waals surface area contributed by atoms with Crippen LogP contribution in [0.3, 0.4) is 0 Å². The molecular weight excluding hydrogens is 196 g/mol. The first-order valence-electron chi connectivity index (χ1n) is 5.58. The maximum Gasteiger partial charge on any atom is 0.342 e. The molecule has 14 heavy (non-hydrogen) atoms. The molecule has 1 aliphatic rings. The van der Waals surface area contributed by atoms with Gasteiger partial charge in [-0.2, -0.15) is 0 Å². The van der Waals surface area contributed by atoms with Gasteiger partial charge in [0, 0.05) is 18.8 Å². The van der Waals surface area contributed by atoms with Crippen LogP contribution in [0.5, 0.6) is 0 Å². The largest absolute Gasteiger partial charge is 0.394 e. The third kappa shape index (κ3) is 3.05. The molecule has 0 atom stereocenters. The number of hydrogen-bond donors (Lipinski definition) is 0. The van der Waals surface area contributed by atoms with Crippen LogP contribution in [0.25, 0.3) is 0 Å². The Morgan fingerprint density at radius 3 is 1.93 bits per heavy atom. The van der Waals surface area contributed by atoms with Crippen LogP contribution in [0.4, 0.5) is 0 Å². The SMILES string of the molecule is CCCO[Si](C)(OCCC)C1COC1. The van der Waals surface area contributed by atoms with Gasteiger partial charge in [-0.05, 0) is 19.4 Å². The molecule has 0 unspecified atom stereocenters. The summed E-state index contributed by atoms with van der Waals surface area (Å²) in [6.45, 7) is 9.74. The third-order valence-corrected chi connectivity index (χ3v) is 5.94. The highest BCUT2D eigenvalue weighted by Gasteiger charge is 2.45. The molecule has 3 nitrogen and oxygen atoms in total. The number of rotatable bonds is 7. The van der Waals surface area contributed by atoms with Gasteiger partial charge in [-0.15, -0.1) is 0 Å². The Hall–Kier alpha value is 0.0969. The van der Waals surface area contributed by atoms with Crippen molar-refractivity contribution in [1.29, 1.82) is 0 Å². The molecule has 0 aromatic carbocycles. The fourth-order valence-corrected chi connectivity index (χ4v) is 4.04. The predicted octanol–water partition coefficient (Wildman–Crippen LogP) is 2.31. The average Bonchev–Trinajstić information content (AvgIpc) is 2.09. The number of ether oxygens (including phenoxy) is 1. The van der Waals surface area contributed by atoms with E-state index in [1.165, 1.54) is 0 Å². The smallest absolute Gasteiger partial charge is 0.342 e. The van der Waals surface area contributed by atoms with Crippen LogP contribution >= 0.6 is 0 Å². The van der Waals surface area contributed by atoms with E-state index in [1.54, 1.807) is 0 Å². The summed E-state index contributed by atoms with van der Waals surface area (Å²) in [5.74, 6) is 0. The second-order valence-corrected chi connectivity index (χ2v) is 7.37. The first kappa shape index (κ1) is 12.2. The molecule has 0 aromatic heterocycles. The summed E-state index contributed by atoms with van der Waals surface area (Å²) in [6, 6.07) is 0. The van der Waals surface area contributed by atoms with Crippen LogP contribution in [-0.2, 0) is 13.6 Å². The van der Waals surface area contributed by atoms with E-state index in [9.17, 15) is 0 Å². The van der Waals surface area contributed by atoms with Crippen molar-refractivity contribution in [2.45, 2.75) is 38.8 Å². The molecule has 0 aliphatic carbocycles. The van der Waals surface area contributed by atoms with Crippen LogP contribution < -0.4 is 0 Å². The molecule has 1 saturated heterocycles. The molecule has 1 heterocycles. The molecule has 0 aromatic rings. The maximum absolute atomic E-state index is 5.92. The Balaban J connectivity index is 2.39. The van der Waals surface area contributed by atoms with E-state index in [1.807, 2.05) is 0 Å². The van der Waals surface area contributed by atoms with E-state index in [-0.39, 0.29) is 0 Å². The van der Waals surface area contributed by atoms with Gasteiger partial charge in [0.1, 0.15) is 0 Å². The van der Waals surface area contributed by atoms with Gasteiger partial charge in [0.2, 0.25) is 0 Å². The minimum absolute atomic E-state index is 0.542. The van der Waals surface area contributed by atoms with Crippen LogP contribution in [0, 0.1) is 0 Å². The van der Waals surface area contributed by atoms with Crippen LogP contribution in [0.1, 0.15) is 26.7 Å². The molecule has 0 radical (unpaired) electrons. The van der Waals surface area contributed by atoms with E-state index in [0.717, 1.165) is 39.3 Å². The van der Waals surface area contributed by atoms with Gasteiger partial charge in [-0.1, -0.05) is 13.8 Å². The monoisotopic (exact) mass is 218 g/mol. The van der Waals surface area contributed by atoms with Crippen LogP contribution in [-0.4, -0.2) is 35.0 Å². The van der Waals surface area contributed by atoms with E-state index < -0.39 is 8.56 Å². The third-order valence-electron chi connectivity index (χ3n) is 2.57. The summed E-state index contributed by atoms with van der Waals surface area (Å²) < 4.78 is 17.1. The topological polar surface area (TPSA) is 27.7 Å². The Morgan fingerprint density at radius 2 is 1.64 bits per heavy atom. The lowest BCUT2D eigenvalue weighted by atomic mass is 10.4. The maximum atomic E-state index is 5.92. The van der Waals surface area contributed by atoms with Crippen molar-refractivity contribution in [3.63, 3.8) is 0 Å². The van der Waals surface area contributed by atoms with Crippen LogP contribution in [0.15, 0.2) is 0 Å². The van der Waals surface area contributed by atoms with Crippen LogP contribution in [0.2, 0.25) is 12.1 Å². The van der Waals surface area contributed by atoms with Gasteiger partial charge >= 0.3 is 8.56 Å². The van der Waals surface area contributed by atoms with Crippen molar-refractivity contribution in [2.75, 3.05) is 26.4 Å². The molecule has 0 saturated carbocycles. The average molecular weight is 218 g/mol. The fourth-order valence-electron chi connectivity index (χ4n) is 1.43. The molecular formula is C10H22O3Si. The summed E-state index contributed by atoms with van der Waals surface area (Å²) in [6.07, 6.45) is 2.12. The van der Waals surface area contributed by atoms with Gasteiger partial charge < -0.3 is 13.6 Å². The number of hydrogen-bond acceptors (Lipinski definition) is 3. The summed E-state index contributed by atoms with van der Waals surface area (Å²) >= 11 is 0. The molecule has 0 amide bonds. The molecule has 1 aliphatic heterocycles. The van der Waals surface area contributed by atoms with Crippen molar-refractivity contribution in [3.05, 3.63) is 0 Å². The Labute approximate surface area is 88.0 Å². The Bertz CT molecular complexity index is 151. The standard InChI is InChI=1S/C10H22O3Si/c1-4-6-12-14(3,13-7-5-2)10-8-11-9-10/h10H,4-9H2,1-3H3. The summed E-state index contributed by atoms with van der Waals surface area (Å²) in [4.78, 5) is 0. The van der Waals surface area contributed by atoms with Gasteiger partial charge in [-0.25, -0.2) is 0 Å². The summed E-state index contributed by atoms with van der Waals surface area (Å²) in [5.41, 5.74) is 0.542. The van der Waals surface area contributed by atoms with Gasteiger partial charge in [0.05, 0.1) is 13.2 Å². The van der Waals surface area contributed by atoms with Crippen molar-refractivity contribution in [2.24, 2.45) is 0 Å². The van der Waals surface area contributed by atoms with E-state index >= 15 is 0 Å². The minimum atomic E-state index is -1.93. The Kier molecular flexibility index (Phi) is 5.09. The molecule has 1 rings (SSSR count). The van der Waals surface area contributed by atoms with E-state index in [4.69, 9.17) is 13.6 Å². The van der Waals surface area contributed by atoms with Gasteiger partial charge in [0.15, 0.2) is 0 Å². The zero-order valence-corrected chi connectivity index (χ0v) is 10.5. The second-order valence-electron chi connectivity index (χ2n) is 3.95. The van der Waals surface area contributed by atoms with E-state index in [2.05, 4.69) is 20.4 Å². The fraction of sp³-hybridized carbons (Fsp3) is 1.00. The lowest BCUT2D eigenvalue weighted by molar-refractivity contribution is 0.00739. The normalized spacial score (nSPS) is 18.2. The highest BCUT2D eigenvalue weighted by molar-refractivity contribution is 6.68. The molecule has 0 bridgehead atoms.